The summed E-state index contributed by atoms with van der Waals surface area (Å²) in [6, 6.07) is 1.49. The smallest absolute Gasteiger partial charge is 0.356 e. The number of carboxylic acids is 1. The molecule has 0 atom stereocenters. The Hall–Kier alpha value is -1.52. The number of aromatic nitrogens is 2. The normalized spacial score (nSPS) is 10.5. The van der Waals surface area contributed by atoms with Gasteiger partial charge in [0.1, 0.15) is 0 Å². The van der Waals surface area contributed by atoms with E-state index in [0.29, 0.717) is 5.88 Å². The van der Waals surface area contributed by atoms with Crippen molar-refractivity contribution in [2.24, 2.45) is 0 Å². The molecule has 0 saturated carbocycles. The minimum atomic E-state index is -1.04. The average molecular weight is 184 g/mol. The number of carboxylic acid groups (broad SMARTS) is 1. The molecular weight excluding hydrogens is 172 g/mol. The Morgan fingerprint density at radius 1 is 1.69 bits per heavy atom. The van der Waals surface area contributed by atoms with Crippen LogP contribution in [0.4, 0.5) is 0 Å². The number of methoxy groups -OCH3 is 1. The zero-order valence-electron chi connectivity index (χ0n) is 7.81. The zero-order chi connectivity index (χ0) is 10.0. The summed E-state index contributed by atoms with van der Waals surface area (Å²) < 4.78 is 6.51. The molecule has 1 aromatic heterocycles. The van der Waals surface area contributed by atoms with Crippen LogP contribution in [-0.4, -0.2) is 28.0 Å². The molecule has 72 valence electrons. The monoisotopic (exact) mass is 184 g/mol. The van der Waals surface area contributed by atoms with Gasteiger partial charge in [-0.25, -0.2) is 9.48 Å². The van der Waals surface area contributed by atoms with Gasteiger partial charge in [-0.15, -0.1) is 0 Å². The fraction of sp³-hybridized carbons (Fsp3) is 0.500. The molecule has 1 N–H and O–H groups in total. The predicted octanol–water partition coefficient (Wildman–Crippen LogP) is 1.17. The predicted molar refractivity (Wildman–Crippen MR) is 46.1 cm³/mol. The molecule has 1 heterocycles. The summed E-state index contributed by atoms with van der Waals surface area (Å²) in [6.07, 6.45) is 0. The number of aromatic carboxylic acids is 1. The molecule has 0 unspecified atom stereocenters. The van der Waals surface area contributed by atoms with Gasteiger partial charge < -0.3 is 9.84 Å². The minimum absolute atomic E-state index is 0.00514. The van der Waals surface area contributed by atoms with Crippen molar-refractivity contribution in [1.82, 2.24) is 9.78 Å². The van der Waals surface area contributed by atoms with Gasteiger partial charge in [-0.1, -0.05) is 0 Å². The Morgan fingerprint density at radius 2 is 2.31 bits per heavy atom. The first kappa shape index (κ1) is 9.57. The third-order valence-corrected chi connectivity index (χ3v) is 1.62. The quantitative estimate of drug-likeness (QED) is 0.765. The van der Waals surface area contributed by atoms with Crippen molar-refractivity contribution >= 4 is 5.97 Å². The first-order chi connectivity index (χ1) is 6.06. The summed E-state index contributed by atoms with van der Waals surface area (Å²) >= 11 is 0. The Morgan fingerprint density at radius 3 is 2.62 bits per heavy atom. The van der Waals surface area contributed by atoms with Crippen LogP contribution < -0.4 is 4.74 Å². The van der Waals surface area contributed by atoms with Crippen LogP contribution in [0.2, 0.25) is 0 Å². The highest BCUT2D eigenvalue weighted by Crippen LogP contribution is 2.17. The standard InChI is InChI=1S/C8H12N2O3/c1-5(2)10-7(13-3)4-6(9-10)8(11)12/h4-5H,1-3H3,(H,11,12). The Bertz CT molecular complexity index is 317. The largest absolute Gasteiger partial charge is 0.481 e. The van der Waals surface area contributed by atoms with Gasteiger partial charge in [-0.05, 0) is 13.8 Å². The molecule has 0 aliphatic carbocycles. The molecule has 0 aromatic carbocycles. The van der Waals surface area contributed by atoms with Crippen LogP contribution in [0, 0.1) is 0 Å². The van der Waals surface area contributed by atoms with Crippen molar-refractivity contribution in [3.8, 4) is 5.88 Å². The summed E-state index contributed by atoms with van der Waals surface area (Å²) in [5, 5.41) is 12.5. The Kier molecular flexibility index (Phi) is 2.55. The summed E-state index contributed by atoms with van der Waals surface area (Å²) in [6.45, 7) is 3.81. The number of ether oxygens (including phenoxy) is 1. The van der Waals surface area contributed by atoms with E-state index in [1.807, 2.05) is 13.8 Å². The van der Waals surface area contributed by atoms with Gasteiger partial charge in [0.15, 0.2) is 5.69 Å². The fourth-order valence-corrected chi connectivity index (χ4v) is 1.00. The van der Waals surface area contributed by atoms with E-state index in [9.17, 15) is 4.79 Å². The second kappa shape index (κ2) is 3.47. The van der Waals surface area contributed by atoms with Gasteiger partial charge in [0, 0.05) is 6.07 Å². The highest BCUT2D eigenvalue weighted by Gasteiger charge is 2.14. The lowest BCUT2D eigenvalue weighted by atomic mass is 10.4. The van der Waals surface area contributed by atoms with E-state index >= 15 is 0 Å². The fourth-order valence-electron chi connectivity index (χ4n) is 1.00. The third kappa shape index (κ3) is 1.80. The maximum Gasteiger partial charge on any atom is 0.356 e. The van der Waals surface area contributed by atoms with Gasteiger partial charge in [0.05, 0.1) is 13.2 Å². The lowest BCUT2D eigenvalue weighted by Crippen LogP contribution is -2.06. The Labute approximate surface area is 75.9 Å². The van der Waals surface area contributed by atoms with Crippen LogP contribution in [0.5, 0.6) is 5.88 Å². The van der Waals surface area contributed by atoms with E-state index in [-0.39, 0.29) is 11.7 Å². The molecular formula is C8H12N2O3. The van der Waals surface area contributed by atoms with E-state index in [0.717, 1.165) is 0 Å². The van der Waals surface area contributed by atoms with Crippen LogP contribution in [0.25, 0.3) is 0 Å². The topological polar surface area (TPSA) is 64.3 Å². The molecule has 13 heavy (non-hydrogen) atoms. The number of rotatable bonds is 3. The lowest BCUT2D eigenvalue weighted by molar-refractivity contribution is 0.0689. The van der Waals surface area contributed by atoms with E-state index in [4.69, 9.17) is 9.84 Å². The maximum absolute atomic E-state index is 10.6. The minimum Gasteiger partial charge on any atom is -0.481 e. The molecule has 1 aromatic rings. The van der Waals surface area contributed by atoms with E-state index in [1.165, 1.54) is 17.9 Å². The summed E-state index contributed by atoms with van der Waals surface area (Å²) in [4.78, 5) is 10.6. The summed E-state index contributed by atoms with van der Waals surface area (Å²) in [5.41, 5.74) is 0.00514. The molecule has 0 radical (unpaired) electrons. The molecule has 0 fully saturated rings. The van der Waals surface area contributed by atoms with Crippen LogP contribution >= 0.6 is 0 Å². The SMILES string of the molecule is COc1cc(C(=O)O)nn1C(C)C. The summed E-state index contributed by atoms with van der Waals surface area (Å²) in [5.74, 6) is -0.579. The van der Waals surface area contributed by atoms with Crippen molar-refractivity contribution in [3.05, 3.63) is 11.8 Å². The number of nitrogens with zero attached hydrogens (tertiary/aromatic N) is 2. The van der Waals surface area contributed by atoms with Gasteiger partial charge in [-0.3, -0.25) is 0 Å². The van der Waals surface area contributed by atoms with E-state index in [2.05, 4.69) is 5.10 Å². The number of hydrogen-bond acceptors (Lipinski definition) is 3. The van der Waals surface area contributed by atoms with Crippen molar-refractivity contribution in [1.29, 1.82) is 0 Å². The molecule has 0 amide bonds. The van der Waals surface area contributed by atoms with Crippen LogP contribution in [0.15, 0.2) is 6.07 Å². The highest BCUT2D eigenvalue weighted by atomic mass is 16.5. The van der Waals surface area contributed by atoms with E-state index in [1.54, 1.807) is 0 Å². The molecule has 0 aliphatic heterocycles. The second-order valence-electron chi connectivity index (χ2n) is 2.92. The van der Waals surface area contributed by atoms with Crippen molar-refractivity contribution in [2.45, 2.75) is 19.9 Å². The molecule has 0 spiro atoms. The van der Waals surface area contributed by atoms with Crippen LogP contribution in [0.1, 0.15) is 30.4 Å². The molecule has 5 heteroatoms. The molecule has 0 bridgehead atoms. The third-order valence-electron chi connectivity index (χ3n) is 1.62. The highest BCUT2D eigenvalue weighted by molar-refractivity contribution is 5.85. The average Bonchev–Trinajstić information content (AvgIpc) is 2.47. The van der Waals surface area contributed by atoms with Crippen molar-refractivity contribution in [2.75, 3.05) is 7.11 Å². The zero-order valence-corrected chi connectivity index (χ0v) is 7.81. The van der Waals surface area contributed by atoms with Crippen LogP contribution in [-0.2, 0) is 0 Å². The van der Waals surface area contributed by atoms with Gasteiger partial charge in [0.25, 0.3) is 0 Å². The first-order valence-corrected chi connectivity index (χ1v) is 3.93. The molecule has 0 aliphatic rings. The summed E-state index contributed by atoms with van der Waals surface area (Å²) in [7, 11) is 1.49. The molecule has 5 nitrogen and oxygen atoms in total. The number of hydrogen-bond donors (Lipinski definition) is 1. The number of carbonyl (C=O) groups is 1. The Balaban J connectivity index is 3.11. The van der Waals surface area contributed by atoms with Gasteiger partial charge in [-0.2, -0.15) is 5.10 Å². The van der Waals surface area contributed by atoms with Crippen molar-refractivity contribution < 1.29 is 14.6 Å². The lowest BCUT2D eigenvalue weighted by Gasteiger charge is -2.08. The van der Waals surface area contributed by atoms with Gasteiger partial charge >= 0.3 is 5.97 Å². The molecule has 0 saturated heterocycles. The van der Waals surface area contributed by atoms with Crippen molar-refractivity contribution in [3.63, 3.8) is 0 Å². The maximum atomic E-state index is 10.6. The molecule has 1 rings (SSSR count). The van der Waals surface area contributed by atoms with E-state index < -0.39 is 5.97 Å². The van der Waals surface area contributed by atoms with Crippen LogP contribution in [0.3, 0.4) is 0 Å². The first-order valence-electron chi connectivity index (χ1n) is 3.93. The second-order valence-corrected chi connectivity index (χ2v) is 2.92. The van der Waals surface area contributed by atoms with Gasteiger partial charge in [0.2, 0.25) is 5.88 Å².